The van der Waals surface area contributed by atoms with E-state index in [9.17, 15) is 0 Å². The van der Waals surface area contributed by atoms with Crippen LogP contribution in [0, 0.1) is 0 Å². The van der Waals surface area contributed by atoms with Crippen LogP contribution in [0.2, 0.25) is 0 Å². The Balaban J connectivity index is 2.57. The highest BCUT2D eigenvalue weighted by molar-refractivity contribution is 5.91. The number of hydrogen-bond donors (Lipinski definition) is 2. The van der Waals surface area contributed by atoms with Gasteiger partial charge in [-0.25, -0.2) is 0 Å². The monoisotopic (exact) mass is 125 g/mol. The van der Waals surface area contributed by atoms with Gasteiger partial charge in [0.15, 0.2) is 0 Å². The summed E-state index contributed by atoms with van der Waals surface area (Å²) in [5.41, 5.74) is 6.57. The lowest BCUT2D eigenvalue weighted by molar-refractivity contribution is 0.889. The first kappa shape index (κ1) is 6.29. The molecule has 1 aliphatic rings. The molecule has 0 fully saturated rings. The van der Waals surface area contributed by atoms with Crippen molar-refractivity contribution < 1.29 is 0 Å². The predicted molar refractivity (Wildman–Crippen MR) is 38.2 cm³/mol. The molecule has 0 aliphatic carbocycles. The van der Waals surface area contributed by atoms with Crippen LogP contribution < -0.4 is 11.1 Å². The van der Waals surface area contributed by atoms with E-state index in [-0.39, 0.29) is 6.04 Å². The summed E-state index contributed by atoms with van der Waals surface area (Å²) in [6.07, 6.45) is 3.54. The normalized spacial score (nSPS) is 20.4. The fraction of sp³-hybridized carbons (Fsp3) is 0.500. The Morgan fingerprint density at radius 3 is 3.00 bits per heavy atom. The average Bonchev–Trinajstić information content (AvgIpc) is 1.90. The summed E-state index contributed by atoms with van der Waals surface area (Å²) in [4.78, 5) is 4.08. The number of nitrogens with two attached hydrogens (primary N) is 1. The smallest absolute Gasteiger partial charge is 0.0544 e. The summed E-state index contributed by atoms with van der Waals surface area (Å²) < 4.78 is 0. The van der Waals surface area contributed by atoms with E-state index in [1.54, 1.807) is 6.20 Å². The molecule has 0 amide bonds. The molecule has 1 aliphatic heterocycles. The molecule has 0 radical (unpaired) electrons. The fourth-order valence-electron chi connectivity index (χ4n) is 0.673. The highest BCUT2D eigenvalue weighted by atomic mass is 14.9. The Bertz CT molecular complexity index is 146. The maximum atomic E-state index is 5.56. The van der Waals surface area contributed by atoms with Gasteiger partial charge in [0.1, 0.15) is 0 Å². The molecule has 9 heavy (non-hydrogen) atoms. The topological polar surface area (TPSA) is 50.4 Å². The van der Waals surface area contributed by atoms with E-state index < -0.39 is 0 Å². The minimum Gasteiger partial charge on any atom is -0.384 e. The zero-order valence-corrected chi connectivity index (χ0v) is 5.46. The highest BCUT2D eigenvalue weighted by Crippen LogP contribution is 1.89. The van der Waals surface area contributed by atoms with Gasteiger partial charge in [0.05, 0.1) is 12.3 Å². The molecule has 50 valence electrons. The van der Waals surface area contributed by atoms with Gasteiger partial charge in [0, 0.05) is 18.4 Å². The molecule has 3 heteroatoms. The lowest BCUT2D eigenvalue weighted by Crippen LogP contribution is -2.35. The van der Waals surface area contributed by atoms with E-state index in [1.165, 1.54) is 0 Å². The Morgan fingerprint density at radius 2 is 2.67 bits per heavy atom. The number of rotatable bonds is 1. The van der Waals surface area contributed by atoms with E-state index in [1.807, 2.05) is 13.1 Å². The van der Waals surface area contributed by atoms with Gasteiger partial charge in [0.2, 0.25) is 0 Å². The molecular formula is C6H11N3. The standard InChI is InChI=1S/C6H11N3/c1-5(7)6-4-8-2-3-9-6/h2-3,5,8H,4,7H2,1H3. The maximum Gasteiger partial charge on any atom is 0.0544 e. The second-order valence-electron chi connectivity index (χ2n) is 2.11. The van der Waals surface area contributed by atoms with Crippen molar-refractivity contribution in [2.24, 2.45) is 10.7 Å². The summed E-state index contributed by atoms with van der Waals surface area (Å²) in [5, 5.41) is 3.02. The second-order valence-corrected chi connectivity index (χ2v) is 2.11. The highest BCUT2D eigenvalue weighted by Gasteiger charge is 2.04. The van der Waals surface area contributed by atoms with Gasteiger partial charge in [0.25, 0.3) is 0 Å². The van der Waals surface area contributed by atoms with Gasteiger partial charge < -0.3 is 11.1 Å². The predicted octanol–water partition coefficient (Wildman–Crippen LogP) is -0.151. The van der Waals surface area contributed by atoms with E-state index in [0.29, 0.717) is 0 Å². The van der Waals surface area contributed by atoms with Crippen LogP contribution in [0.5, 0.6) is 0 Å². The first-order valence-corrected chi connectivity index (χ1v) is 3.01. The lowest BCUT2D eigenvalue weighted by Gasteiger charge is -2.11. The molecule has 1 heterocycles. The third kappa shape index (κ3) is 1.54. The summed E-state index contributed by atoms with van der Waals surface area (Å²) in [6, 6.07) is 0.0717. The van der Waals surface area contributed by atoms with Crippen LogP contribution >= 0.6 is 0 Å². The van der Waals surface area contributed by atoms with Gasteiger partial charge in [-0.05, 0) is 6.92 Å². The van der Waals surface area contributed by atoms with Crippen LogP contribution in [0.25, 0.3) is 0 Å². The van der Waals surface area contributed by atoms with E-state index in [4.69, 9.17) is 5.73 Å². The molecular weight excluding hydrogens is 114 g/mol. The molecule has 0 bridgehead atoms. The Hall–Kier alpha value is -0.830. The van der Waals surface area contributed by atoms with Crippen molar-refractivity contribution in [3.8, 4) is 0 Å². The molecule has 0 aromatic heterocycles. The summed E-state index contributed by atoms with van der Waals surface area (Å²) in [7, 11) is 0. The number of hydrogen-bond acceptors (Lipinski definition) is 3. The number of aliphatic imine (C=N–C) groups is 1. The van der Waals surface area contributed by atoms with Crippen molar-refractivity contribution >= 4 is 5.71 Å². The Labute approximate surface area is 54.7 Å². The maximum absolute atomic E-state index is 5.56. The summed E-state index contributed by atoms with van der Waals surface area (Å²) >= 11 is 0. The van der Waals surface area contributed by atoms with Crippen molar-refractivity contribution in [3.63, 3.8) is 0 Å². The molecule has 0 aromatic rings. The molecule has 0 saturated heterocycles. The Morgan fingerprint density at radius 1 is 1.89 bits per heavy atom. The average molecular weight is 125 g/mol. The largest absolute Gasteiger partial charge is 0.384 e. The summed E-state index contributed by atoms with van der Waals surface area (Å²) in [5.74, 6) is 0. The Kier molecular flexibility index (Phi) is 1.85. The molecule has 1 atom stereocenters. The SMILES string of the molecule is CC(N)C1=NC=CNC1. The van der Waals surface area contributed by atoms with Crippen molar-refractivity contribution in [2.45, 2.75) is 13.0 Å². The van der Waals surface area contributed by atoms with Crippen LogP contribution in [0.15, 0.2) is 17.4 Å². The minimum absolute atomic E-state index is 0.0717. The van der Waals surface area contributed by atoms with Crippen LogP contribution in [0.3, 0.4) is 0 Å². The molecule has 3 nitrogen and oxygen atoms in total. The van der Waals surface area contributed by atoms with Crippen LogP contribution in [0.4, 0.5) is 0 Å². The molecule has 0 aromatic carbocycles. The van der Waals surface area contributed by atoms with Crippen molar-refractivity contribution in [3.05, 3.63) is 12.4 Å². The van der Waals surface area contributed by atoms with Gasteiger partial charge in [-0.1, -0.05) is 0 Å². The van der Waals surface area contributed by atoms with E-state index in [2.05, 4.69) is 10.3 Å². The zero-order chi connectivity index (χ0) is 6.69. The fourth-order valence-corrected chi connectivity index (χ4v) is 0.673. The van der Waals surface area contributed by atoms with Crippen molar-refractivity contribution in [1.29, 1.82) is 0 Å². The quantitative estimate of drug-likeness (QED) is 0.512. The number of nitrogens with one attached hydrogen (secondary N) is 1. The van der Waals surface area contributed by atoms with Crippen molar-refractivity contribution in [2.75, 3.05) is 6.54 Å². The van der Waals surface area contributed by atoms with Crippen LogP contribution in [-0.4, -0.2) is 18.3 Å². The van der Waals surface area contributed by atoms with Gasteiger partial charge in [-0.2, -0.15) is 0 Å². The second kappa shape index (κ2) is 2.64. The minimum atomic E-state index is 0.0717. The molecule has 0 saturated carbocycles. The third-order valence-corrected chi connectivity index (χ3v) is 1.24. The van der Waals surface area contributed by atoms with E-state index >= 15 is 0 Å². The van der Waals surface area contributed by atoms with Gasteiger partial charge in [-0.15, -0.1) is 0 Å². The summed E-state index contributed by atoms with van der Waals surface area (Å²) in [6.45, 7) is 2.72. The van der Waals surface area contributed by atoms with Gasteiger partial charge >= 0.3 is 0 Å². The molecule has 0 spiro atoms. The lowest BCUT2D eigenvalue weighted by atomic mass is 10.2. The molecule has 1 rings (SSSR count). The number of nitrogens with zero attached hydrogens (tertiary/aromatic N) is 1. The zero-order valence-electron chi connectivity index (χ0n) is 5.46. The first-order chi connectivity index (χ1) is 4.30. The van der Waals surface area contributed by atoms with E-state index in [0.717, 1.165) is 12.3 Å². The molecule has 3 N–H and O–H groups in total. The van der Waals surface area contributed by atoms with Gasteiger partial charge in [-0.3, -0.25) is 4.99 Å². The first-order valence-electron chi connectivity index (χ1n) is 3.01. The van der Waals surface area contributed by atoms with Crippen LogP contribution in [0.1, 0.15) is 6.92 Å². The van der Waals surface area contributed by atoms with Crippen LogP contribution in [-0.2, 0) is 0 Å². The third-order valence-electron chi connectivity index (χ3n) is 1.24. The van der Waals surface area contributed by atoms with Crippen molar-refractivity contribution in [1.82, 2.24) is 5.32 Å². The molecule has 1 unspecified atom stereocenters.